The maximum Gasteiger partial charge on any atom is 0.249 e. The molecular weight excluding hydrogens is 272 g/mol. The van der Waals surface area contributed by atoms with E-state index in [1.165, 1.54) is 0 Å². The molecule has 2 aromatic heterocycles. The van der Waals surface area contributed by atoms with Crippen molar-refractivity contribution in [1.29, 1.82) is 0 Å². The van der Waals surface area contributed by atoms with E-state index >= 15 is 0 Å². The van der Waals surface area contributed by atoms with E-state index in [2.05, 4.69) is 15.3 Å². The monoisotopic (exact) mass is 290 g/mol. The van der Waals surface area contributed by atoms with Crippen molar-refractivity contribution in [3.8, 4) is 0 Å². The molecule has 0 aromatic carbocycles. The number of carbonyl (C=O) groups excluding carboxylic acids is 1. The van der Waals surface area contributed by atoms with E-state index in [9.17, 15) is 4.79 Å². The predicted molar refractivity (Wildman–Crippen MR) is 72.3 cm³/mol. The Morgan fingerprint density at radius 3 is 2.86 bits per heavy atom. The van der Waals surface area contributed by atoms with Crippen molar-refractivity contribution >= 4 is 5.91 Å². The van der Waals surface area contributed by atoms with E-state index in [1.54, 1.807) is 13.0 Å². The number of hydrogen-bond donors (Lipinski definition) is 0. The zero-order valence-electron chi connectivity index (χ0n) is 12.2. The summed E-state index contributed by atoms with van der Waals surface area (Å²) < 4.78 is 10.4. The Kier molecular flexibility index (Phi) is 3.72. The summed E-state index contributed by atoms with van der Waals surface area (Å²) in [5.41, 5.74) is 0.778. The minimum Gasteiger partial charge on any atom is -0.361 e. The first-order valence-corrected chi connectivity index (χ1v) is 7.15. The Balaban J connectivity index is 1.75. The van der Waals surface area contributed by atoms with Crippen LogP contribution in [-0.2, 0) is 11.2 Å². The SMILES string of the molecule is Cc1cc(CC(=O)N2CCCC[C@H]2c2nc(C)no2)on1. The summed E-state index contributed by atoms with van der Waals surface area (Å²) in [4.78, 5) is 18.6. The molecule has 7 nitrogen and oxygen atoms in total. The minimum atomic E-state index is -0.128. The molecule has 0 bridgehead atoms. The van der Waals surface area contributed by atoms with Crippen LogP contribution < -0.4 is 0 Å². The molecule has 7 heteroatoms. The van der Waals surface area contributed by atoms with Gasteiger partial charge < -0.3 is 13.9 Å². The summed E-state index contributed by atoms with van der Waals surface area (Å²) >= 11 is 0. The van der Waals surface area contributed by atoms with E-state index in [1.807, 2.05) is 11.8 Å². The molecule has 1 atom stereocenters. The lowest BCUT2D eigenvalue weighted by Crippen LogP contribution is -2.39. The highest BCUT2D eigenvalue weighted by Gasteiger charge is 2.32. The topological polar surface area (TPSA) is 85.3 Å². The van der Waals surface area contributed by atoms with Crippen LogP contribution in [0.15, 0.2) is 15.1 Å². The van der Waals surface area contributed by atoms with Gasteiger partial charge in [-0.25, -0.2) is 0 Å². The van der Waals surface area contributed by atoms with Crippen LogP contribution in [0.1, 0.15) is 48.5 Å². The molecule has 0 aliphatic carbocycles. The van der Waals surface area contributed by atoms with Crippen LogP contribution in [0.5, 0.6) is 0 Å². The fourth-order valence-electron chi connectivity index (χ4n) is 2.69. The Labute approximate surface area is 122 Å². The zero-order chi connectivity index (χ0) is 14.8. The normalized spacial score (nSPS) is 19.0. The number of rotatable bonds is 3. The molecule has 0 spiro atoms. The zero-order valence-corrected chi connectivity index (χ0v) is 12.2. The number of likely N-dealkylation sites (tertiary alicyclic amines) is 1. The van der Waals surface area contributed by atoms with Crippen LogP contribution in [0.25, 0.3) is 0 Å². The van der Waals surface area contributed by atoms with E-state index in [0.717, 1.165) is 25.0 Å². The summed E-state index contributed by atoms with van der Waals surface area (Å²) in [6, 6.07) is 1.66. The highest BCUT2D eigenvalue weighted by Crippen LogP contribution is 2.30. The molecule has 0 unspecified atom stereocenters. The summed E-state index contributed by atoms with van der Waals surface area (Å²) in [6.07, 6.45) is 3.11. The van der Waals surface area contributed by atoms with Gasteiger partial charge in [0.05, 0.1) is 12.1 Å². The van der Waals surface area contributed by atoms with E-state index in [0.29, 0.717) is 24.0 Å². The highest BCUT2D eigenvalue weighted by atomic mass is 16.5. The van der Waals surface area contributed by atoms with Crippen molar-refractivity contribution in [3.05, 3.63) is 29.2 Å². The molecule has 3 heterocycles. The minimum absolute atomic E-state index is 0.00621. The number of aryl methyl sites for hydroxylation is 2. The number of aromatic nitrogens is 3. The fourth-order valence-corrected chi connectivity index (χ4v) is 2.69. The molecule has 1 amide bonds. The lowest BCUT2D eigenvalue weighted by Gasteiger charge is -2.33. The number of nitrogens with zero attached hydrogens (tertiary/aromatic N) is 4. The van der Waals surface area contributed by atoms with E-state index < -0.39 is 0 Å². The van der Waals surface area contributed by atoms with Gasteiger partial charge in [0.25, 0.3) is 0 Å². The van der Waals surface area contributed by atoms with Crippen LogP contribution in [-0.4, -0.2) is 32.6 Å². The molecule has 1 fully saturated rings. The Hall–Kier alpha value is -2.18. The molecule has 0 radical (unpaired) electrons. The second-order valence-electron chi connectivity index (χ2n) is 5.39. The summed E-state index contributed by atoms with van der Waals surface area (Å²) in [5.74, 6) is 1.71. The van der Waals surface area contributed by atoms with Gasteiger partial charge in [-0.1, -0.05) is 10.3 Å². The molecule has 112 valence electrons. The first-order chi connectivity index (χ1) is 10.1. The van der Waals surface area contributed by atoms with Gasteiger partial charge in [-0.15, -0.1) is 0 Å². The van der Waals surface area contributed by atoms with Crippen molar-refractivity contribution in [2.24, 2.45) is 0 Å². The molecule has 1 aliphatic rings. The Morgan fingerprint density at radius 1 is 1.33 bits per heavy atom. The first-order valence-electron chi connectivity index (χ1n) is 7.15. The van der Waals surface area contributed by atoms with Crippen molar-refractivity contribution in [1.82, 2.24) is 20.2 Å². The van der Waals surface area contributed by atoms with Crippen LogP contribution >= 0.6 is 0 Å². The lowest BCUT2D eigenvalue weighted by atomic mass is 10.0. The van der Waals surface area contributed by atoms with Crippen LogP contribution in [0, 0.1) is 13.8 Å². The first kappa shape index (κ1) is 13.8. The smallest absolute Gasteiger partial charge is 0.249 e. The molecule has 21 heavy (non-hydrogen) atoms. The quantitative estimate of drug-likeness (QED) is 0.859. The van der Waals surface area contributed by atoms with Crippen molar-refractivity contribution in [2.45, 2.75) is 45.6 Å². The van der Waals surface area contributed by atoms with Crippen molar-refractivity contribution in [2.75, 3.05) is 6.54 Å². The fraction of sp³-hybridized carbons (Fsp3) is 0.571. The van der Waals surface area contributed by atoms with Crippen LogP contribution in [0.3, 0.4) is 0 Å². The third-order valence-corrected chi connectivity index (χ3v) is 3.65. The van der Waals surface area contributed by atoms with Gasteiger partial charge in [0.1, 0.15) is 11.8 Å². The summed E-state index contributed by atoms with van der Waals surface area (Å²) in [5, 5.41) is 7.63. The number of hydrogen-bond acceptors (Lipinski definition) is 6. The Morgan fingerprint density at radius 2 is 2.19 bits per heavy atom. The number of amides is 1. The number of piperidine rings is 1. The average Bonchev–Trinajstić information content (AvgIpc) is 3.07. The van der Waals surface area contributed by atoms with E-state index in [4.69, 9.17) is 9.05 Å². The second kappa shape index (κ2) is 5.67. The molecule has 1 aliphatic heterocycles. The van der Waals surface area contributed by atoms with Crippen molar-refractivity contribution in [3.63, 3.8) is 0 Å². The maximum atomic E-state index is 12.5. The van der Waals surface area contributed by atoms with Gasteiger partial charge in [-0.05, 0) is 33.1 Å². The molecule has 1 saturated heterocycles. The van der Waals surface area contributed by atoms with Crippen LogP contribution in [0.2, 0.25) is 0 Å². The van der Waals surface area contributed by atoms with Gasteiger partial charge >= 0.3 is 0 Å². The second-order valence-corrected chi connectivity index (χ2v) is 5.39. The highest BCUT2D eigenvalue weighted by molar-refractivity contribution is 5.78. The third-order valence-electron chi connectivity index (χ3n) is 3.65. The van der Waals surface area contributed by atoms with E-state index in [-0.39, 0.29) is 18.4 Å². The van der Waals surface area contributed by atoms with Gasteiger partial charge in [0.2, 0.25) is 11.8 Å². The average molecular weight is 290 g/mol. The maximum absolute atomic E-state index is 12.5. The molecule has 3 rings (SSSR count). The molecule has 2 aromatic rings. The van der Waals surface area contributed by atoms with Crippen molar-refractivity contribution < 1.29 is 13.8 Å². The summed E-state index contributed by atoms with van der Waals surface area (Å²) in [6.45, 7) is 4.32. The van der Waals surface area contributed by atoms with Gasteiger partial charge in [-0.3, -0.25) is 4.79 Å². The Bertz CT molecular complexity index is 634. The third kappa shape index (κ3) is 2.96. The molecular formula is C14H18N4O3. The van der Waals surface area contributed by atoms with Gasteiger partial charge in [0.15, 0.2) is 5.82 Å². The lowest BCUT2D eigenvalue weighted by molar-refractivity contribution is -0.135. The summed E-state index contributed by atoms with van der Waals surface area (Å²) in [7, 11) is 0. The predicted octanol–water partition coefficient (Wildman–Crippen LogP) is 1.97. The number of carbonyl (C=O) groups is 1. The van der Waals surface area contributed by atoms with Crippen LogP contribution in [0.4, 0.5) is 0 Å². The van der Waals surface area contributed by atoms with Gasteiger partial charge in [-0.2, -0.15) is 4.98 Å². The molecule has 0 N–H and O–H groups in total. The largest absolute Gasteiger partial charge is 0.361 e. The van der Waals surface area contributed by atoms with Gasteiger partial charge in [0, 0.05) is 12.6 Å². The standard InChI is InChI=1S/C14H18N4O3/c1-9-7-11(20-16-9)8-13(19)18-6-4-3-5-12(18)14-15-10(2)17-21-14/h7,12H,3-6,8H2,1-2H3/t12-/m0/s1. The molecule has 0 saturated carbocycles.